The summed E-state index contributed by atoms with van der Waals surface area (Å²) < 4.78 is 6.10. The summed E-state index contributed by atoms with van der Waals surface area (Å²) in [6.07, 6.45) is 6.27. The highest BCUT2D eigenvalue weighted by Crippen LogP contribution is 2.70. The smallest absolute Gasteiger partial charge is 0.309 e. The number of aliphatic hydroxyl groups is 2. The van der Waals surface area contributed by atoms with Crippen molar-refractivity contribution >= 4 is 17.5 Å². The Kier molecular flexibility index (Phi) is 6.65. The number of aliphatic hydroxyl groups excluding tert-OH is 2. The molecule has 4 aliphatic rings. The number of Topliss-reactive ketones (excluding diaryl/α,β-unsaturated/α-hetero) is 1. The van der Waals surface area contributed by atoms with Crippen LogP contribution in [0.4, 0.5) is 0 Å². The van der Waals surface area contributed by atoms with E-state index in [1.807, 2.05) is 13.0 Å². The summed E-state index contributed by atoms with van der Waals surface area (Å²) in [5.41, 5.74) is -0.640. The standard InChI is InChI=1S/C28H42O6/c1-6-18(30)14-25(33)34-28(24(32)15-29)17(3)12-23-20-11-16(2)22-13-19(31)7-9-26(22,4)21(20)8-10-27(23,28)5/h13,16-18,20-21,23,29-30H,6-12,14-15H2,1-5H3/t16-,17-,18?,20+,21-,23-,26+,27-,28-/m0/s1. The van der Waals surface area contributed by atoms with E-state index in [0.29, 0.717) is 30.6 Å². The SMILES string of the molecule is CCC(O)CC(=O)O[C@]1(C(=O)CO)[C@@H](C)C[C@H]2[C@@H]3C[C@H](C)C4=CC(=O)CC[C@]4(C)[C@H]3CC[C@@]21C. The first-order valence-corrected chi connectivity index (χ1v) is 13.2. The Morgan fingerprint density at radius 2 is 1.88 bits per heavy atom. The normalized spacial score (nSPS) is 44.4. The van der Waals surface area contributed by atoms with Crippen molar-refractivity contribution in [2.75, 3.05) is 6.61 Å². The molecule has 0 spiro atoms. The third kappa shape index (κ3) is 3.54. The van der Waals surface area contributed by atoms with Crippen LogP contribution in [0.2, 0.25) is 0 Å². The van der Waals surface area contributed by atoms with Crippen LogP contribution in [0.1, 0.15) is 86.0 Å². The summed E-state index contributed by atoms with van der Waals surface area (Å²) in [6, 6.07) is 0. The van der Waals surface area contributed by atoms with Gasteiger partial charge in [-0.05, 0) is 73.7 Å². The van der Waals surface area contributed by atoms with Crippen LogP contribution in [-0.2, 0) is 19.1 Å². The van der Waals surface area contributed by atoms with Crippen molar-refractivity contribution in [1.29, 1.82) is 0 Å². The Labute approximate surface area is 203 Å². The fraction of sp³-hybridized carbons (Fsp3) is 0.821. The molecule has 6 heteroatoms. The topological polar surface area (TPSA) is 101 Å². The van der Waals surface area contributed by atoms with E-state index in [9.17, 15) is 24.6 Å². The Balaban J connectivity index is 1.72. The molecule has 9 atom stereocenters. The van der Waals surface area contributed by atoms with E-state index in [2.05, 4.69) is 20.8 Å². The summed E-state index contributed by atoms with van der Waals surface area (Å²) in [6.45, 7) is 9.77. The van der Waals surface area contributed by atoms with Crippen molar-refractivity contribution in [2.45, 2.75) is 97.7 Å². The largest absolute Gasteiger partial charge is 0.450 e. The molecule has 1 unspecified atom stereocenters. The molecule has 2 N–H and O–H groups in total. The fourth-order valence-electron chi connectivity index (χ4n) is 8.85. The summed E-state index contributed by atoms with van der Waals surface area (Å²) in [7, 11) is 0. The van der Waals surface area contributed by atoms with Crippen LogP contribution < -0.4 is 0 Å². The maximum absolute atomic E-state index is 13.4. The van der Waals surface area contributed by atoms with E-state index >= 15 is 0 Å². The molecule has 0 aromatic carbocycles. The molecule has 0 aromatic rings. The number of ether oxygens (including phenoxy) is 1. The number of hydrogen-bond acceptors (Lipinski definition) is 6. The van der Waals surface area contributed by atoms with Gasteiger partial charge in [-0.25, -0.2) is 0 Å². The maximum atomic E-state index is 13.4. The molecule has 0 aliphatic heterocycles. The van der Waals surface area contributed by atoms with Crippen molar-refractivity contribution in [1.82, 2.24) is 0 Å². The van der Waals surface area contributed by atoms with Gasteiger partial charge in [0.1, 0.15) is 6.61 Å². The van der Waals surface area contributed by atoms with Crippen molar-refractivity contribution in [3.8, 4) is 0 Å². The highest BCUT2D eigenvalue weighted by molar-refractivity contribution is 5.93. The number of esters is 1. The first-order chi connectivity index (χ1) is 15.9. The van der Waals surface area contributed by atoms with Gasteiger partial charge < -0.3 is 14.9 Å². The number of allylic oxidation sites excluding steroid dienone is 1. The third-order valence-electron chi connectivity index (χ3n) is 10.5. The summed E-state index contributed by atoms with van der Waals surface area (Å²) >= 11 is 0. The lowest BCUT2D eigenvalue weighted by molar-refractivity contribution is -0.198. The van der Waals surface area contributed by atoms with Crippen molar-refractivity contribution in [3.05, 3.63) is 11.6 Å². The van der Waals surface area contributed by atoms with Crippen molar-refractivity contribution in [3.63, 3.8) is 0 Å². The predicted molar refractivity (Wildman–Crippen MR) is 128 cm³/mol. The second-order valence-corrected chi connectivity index (χ2v) is 12.1. The number of rotatable bonds is 6. The minimum atomic E-state index is -1.37. The van der Waals surface area contributed by atoms with Gasteiger partial charge in [0.05, 0.1) is 12.5 Å². The molecule has 0 radical (unpaired) electrons. The highest BCUT2D eigenvalue weighted by Gasteiger charge is 2.71. The summed E-state index contributed by atoms with van der Waals surface area (Å²) in [5, 5.41) is 20.0. The molecule has 4 aliphatic carbocycles. The lowest BCUT2D eigenvalue weighted by Gasteiger charge is -2.60. The number of ketones is 2. The summed E-state index contributed by atoms with van der Waals surface area (Å²) in [5.74, 6) is 0.357. The molecule has 3 fully saturated rings. The molecule has 0 heterocycles. The van der Waals surface area contributed by atoms with Gasteiger partial charge in [0.25, 0.3) is 0 Å². The second kappa shape index (κ2) is 8.85. The first-order valence-electron chi connectivity index (χ1n) is 13.2. The number of hydrogen-bond donors (Lipinski definition) is 2. The average Bonchev–Trinajstić information content (AvgIpc) is 3.02. The van der Waals surface area contributed by atoms with E-state index in [1.54, 1.807) is 6.92 Å². The molecule has 6 nitrogen and oxygen atoms in total. The van der Waals surface area contributed by atoms with Crippen molar-refractivity contribution < 1.29 is 29.3 Å². The minimum absolute atomic E-state index is 0.00500. The minimum Gasteiger partial charge on any atom is -0.450 e. The van der Waals surface area contributed by atoms with E-state index in [1.165, 1.54) is 5.57 Å². The van der Waals surface area contributed by atoms with Gasteiger partial charge in [-0.1, -0.05) is 40.2 Å². The summed E-state index contributed by atoms with van der Waals surface area (Å²) in [4.78, 5) is 38.6. The molecule has 0 aromatic heterocycles. The van der Waals surface area contributed by atoms with Crippen LogP contribution in [0.25, 0.3) is 0 Å². The van der Waals surface area contributed by atoms with Crippen LogP contribution in [0.3, 0.4) is 0 Å². The zero-order valence-electron chi connectivity index (χ0n) is 21.4. The highest BCUT2D eigenvalue weighted by atomic mass is 16.6. The van der Waals surface area contributed by atoms with Gasteiger partial charge in [-0.2, -0.15) is 0 Å². The third-order valence-corrected chi connectivity index (χ3v) is 10.5. The molecule has 0 bridgehead atoms. The van der Waals surface area contributed by atoms with Gasteiger partial charge in [-0.3, -0.25) is 14.4 Å². The Morgan fingerprint density at radius 1 is 1.18 bits per heavy atom. The molecule has 4 rings (SSSR count). The zero-order valence-corrected chi connectivity index (χ0v) is 21.4. The lowest BCUT2D eigenvalue weighted by Crippen LogP contribution is -2.62. The maximum Gasteiger partial charge on any atom is 0.309 e. The van der Waals surface area contributed by atoms with E-state index in [0.717, 1.165) is 32.1 Å². The lowest BCUT2D eigenvalue weighted by atomic mass is 9.44. The molecule has 34 heavy (non-hydrogen) atoms. The fourth-order valence-corrected chi connectivity index (χ4v) is 8.85. The molecule has 3 saturated carbocycles. The van der Waals surface area contributed by atoms with Crippen molar-refractivity contribution in [2.24, 2.45) is 40.4 Å². The monoisotopic (exact) mass is 474 g/mol. The quantitative estimate of drug-likeness (QED) is 0.564. The number of carbonyl (C=O) groups is 3. The van der Waals surface area contributed by atoms with E-state index < -0.39 is 35.5 Å². The van der Waals surface area contributed by atoms with Gasteiger partial charge in [0.2, 0.25) is 5.78 Å². The Bertz CT molecular complexity index is 893. The molecule has 190 valence electrons. The van der Waals surface area contributed by atoms with Crippen LogP contribution in [0.15, 0.2) is 11.6 Å². The predicted octanol–water partition coefficient (Wildman–Crippen LogP) is 4.01. The molecular weight excluding hydrogens is 432 g/mol. The van der Waals surface area contributed by atoms with E-state index in [-0.39, 0.29) is 29.5 Å². The Morgan fingerprint density at radius 3 is 2.53 bits per heavy atom. The Hall–Kier alpha value is -1.53. The average molecular weight is 475 g/mol. The van der Waals surface area contributed by atoms with Crippen LogP contribution in [-0.4, -0.2) is 46.1 Å². The van der Waals surface area contributed by atoms with Gasteiger partial charge >= 0.3 is 5.97 Å². The number of fused-ring (bicyclic) bond motifs is 5. The van der Waals surface area contributed by atoms with Crippen LogP contribution >= 0.6 is 0 Å². The van der Waals surface area contributed by atoms with Gasteiger partial charge in [0, 0.05) is 17.8 Å². The van der Waals surface area contributed by atoms with Gasteiger partial charge in [0.15, 0.2) is 11.4 Å². The van der Waals surface area contributed by atoms with Crippen LogP contribution in [0, 0.1) is 40.4 Å². The van der Waals surface area contributed by atoms with Gasteiger partial charge in [-0.15, -0.1) is 0 Å². The molecule has 0 saturated heterocycles. The second-order valence-electron chi connectivity index (χ2n) is 12.1. The van der Waals surface area contributed by atoms with E-state index in [4.69, 9.17) is 4.74 Å². The van der Waals surface area contributed by atoms with Crippen LogP contribution in [0.5, 0.6) is 0 Å². The number of carbonyl (C=O) groups excluding carboxylic acids is 3. The first kappa shape index (κ1) is 25.6. The molecule has 0 amide bonds. The molecular formula is C28H42O6. The zero-order chi connectivity index (χ0) is 25.1.